The zero-order chi connectivity index (χ0) is 16.1. The van der Waals surface area contributed by atoms with E-state index < -0.39 is 11.7 Å². The van der Waals surface area contributed by atoms with Crippen LogP contribution in [-0.4, -0.2) is 33.8 Å². The number of aromatic nitrogens is 3. The van der Waals surface area contributed by atoms with Crippen LogP contribution < -0.4 is 15.8 Å². The summed E-state index contributed by atoms with van der Waals surface area (Å²) in [5.41, 5.74) is 5.49. The maximum Gasteiger partial charge on any atom is 0.255 e. The van der Waals surface area contributed by atoms with Crippen molar-refractivity contribution in [1.29, 1.82) is 0 Å². The molecule has 1 amide bonds. The average molecular weight is 307 g/mol. The Morgan fingerprint density at radius 2 is 2.32 bits per heavy atom. The number of halogens is 1. The van der Waals surface area contributed by atoms with Gasteiger partial charge < -0.3 is 20.4 Å². The van der Waals surface area contributed by atoms with Gasteiger partial charge in [0.25, 0.3) is 5.91 Å². The van der Waals surface area contributed by atoms with E-state index in [9.17, 15) is 9.18 Å². The molecule has 7 nitrogen and oxygen atoms in total. The molecular weight excluding hydrogens is 289 g/mol. The zero-order valence-corrected chi connectivity index (χ0v) is 12.4. The van der Waals surface area contributed by atoms with Crippen molar-refractivity contribution in [1.82, 2.24) is 20.1 Å². The number of hydrogen-bond donors (Lipinski definition) is 2. The second-order valence-electron chi connectivity index (χ2n) is 4.77. The van der Waals surface area contributed by atoms with E-state index in [0.29, 0.717) is 12.4 Å². The lowest BCUT2D eigenvalue weighted by Crippen LogP contribution is -2.29. The zero-order valence-electron chi connectivity index (χ0n) is 12.4. The number of nitrogens with zero attached hydrogens (tertiary/aromatic N) is 3. The molecule has 1 atom stereocenters. The topological polar surface area (TPSA) is 95.1 Å². The molecule has 0 unspecified atom stereocenters. The summed E-state index contributed by atoms with van der Waals surface area (Å²) < 4.78 is 20.5. The summed E-state index contributed by atoms with van der Waals surface area (Å²) in [7, 11) is 1.77. The molecule has 2 aromatic rings. The molecule has 0 aliphatic carbocycles. The fraction of sp³-hybridized carbons (Fsp3) is 0.357. The van der Waals surface area contributed by atoms with Crippen molar-refractivity contribution in [2.75, 3.05) is 13.2 Å². The number of aryl methyl sites for hydroxylation is 1. The van der Waals surface area contributed by atoms with Gasteiger partial charge >= 0.3 is 0 Å². The third-order valence-electron chi connectivity index (χ3n) is 3.04. The van der Waals surface area contributed by atoms with E-state index in [4.69, 9.17) is 10.5 Å². The SMILES string of the molecule is C[C@H](NC(=O)c1cc(F)ccc1OCCN)c1nncn1C. The molecular formula is C14H18FN5O2. The highest BCUT2D eigenvalue weighted by Gasteiger charge is 2.19. The first-order valence-corrected chi connectivity index (χ1v) is 6.80. The summed E-state index contributed by atoms with van der Waals surface area (Å²) in [4.78, 5) is 12.4. The van der Waals surface area contributed by atoms with Crippen molar-refractivity contribution in [2.45, 2.75) is 13.0 Å². The van der Waals surface area contributed by atoms with Gasteiger partial charge in [0.05, 0.1) is 11.6 Å². The second kappa shape index (κ2) is 6.99. The van der Waals surface area contributed by atoms with Gasteiger partial charge in [0.1, 0.15) is 24.5 Å². The Balaban J connectivity index is 2.18. The van der Waals surface area contributed by atoms with Crippen molar-refractivity contribution < 1.29 is 13.9 Å². The molecule has 1 aromatic heterocycles. The van der Waals surface area contributed by atoms with E-state index in [-0.39, 0.29) is 24.0 Å². The number of rotatable bonds is 6. The molecule has 0 radical (unpaired) electrons. The first-order valence-electron chi connectivity index (χ1n) is 6.80. The number of benzene rings is 1. The lowest BCUT2D eigenvalue weighted by molar-refractivity contribution is 0.0933. The Labute approximate surface area is 127 Å². The first-order chi connectivity index (χ1) is 10.5. The van der Waals surface area contributed by atoms with Crippen LogP contribution in [0.2, 0.25) is 0 Å². The number of amides is 1. The number of carbonyl (C=O) groups is 1. The minimum absolute atomic E-state index is 0.113. The van der Waals surface area contributed by atoms with Gasteiger partial charge in [0.15, 0.2) is 5.82 Å². The van der Waals surface area contributed by atoms with Crippen molar-refractivity contribution in [3.05, 3.63) is 41.7 Å². The minimum Gasteiger partial charge on any atom is -0.491 e. The van der Waals surface area contributed by atoms with Crippen molar-refractivity contribution >= 4 is 5.91 Å². The normalized spacial score (nSPS) is 12.0. The minimum atomic E-state index is -0.517. The Morgan fingerprint density at radius 3 is 2.95 bits per heavy atom. The highest BCUT2D eigenvalue weighted by Crippen LogP contribution is 2.21. The predicted molar refractivity (Wildman–Crippen MR) is 77.8 cm³/mol. The molecule has 118 valence electrons. The summed E-state index contributed by atoms with van der Waals surface area (Å²) in [5, 5.41) is 10.4. The lowest BCUT2D eigenvalue weighted by Gasteiger charge is -2.15. The van der Waals surface area contributed by atoms with E-state index in [1.165, 1.54) is 18.5 Å². The van der Waals surface area contributed by atoms with E-state index in [1.807, 2.05) is 0 Å². The average Bonchev–Trinajstić information content (AvgIpc) is 2.92. The van der Waals surface area contributed by atoms with Gasteiger partial charge in [-0.2, -0.15) is 0 Å². The quantitative estimate of drug-likeness (QED) is 0.822. The molecule has 0 fully saturated rings. The Hall–Kier alpha value is -2.48. The smallest absolute Gasteiger partial charge is 0.255 e. The molecule has 1 heterocycles. The predicted octanol–water partition coefficient (Wildman–Crippen LogP) is 0.783. The molecule has 3 N–H and O–H groups in total. The summed E-state index contributed by atoms with van der Waals surface area (Å²) in [6, 6.07) is 3.39. The van der Waals surface area contributed by atoms with Gasteiger partial charge in [-0.15, -0.1) is 10.2 Å². The maximum absolute atomic E-state index is 13.4. The van der Waals surface area contributed by atoms with Crippen LogP contribution in [0.15, 0.2) is 24.5 Å². The van der Waals surface area contributed by atoms with Crippen LogP contribution in [0.1, 0.15) is 29.1 Å². The fourth-order valence-electron chi connectivity index (χ4n) is 2.00. The van der Waals surface area contributed by atoms with Gasteiger partial charge in [-0.3, -0.25) is 4.79 Å². The molecule has 0 aliphatic heterocycles. The molecule has 1 aromatic carbocycles. The summed E-state index contributed by atoms with van der Waals surface area (Å²) in [6.07, 6.45) is 1.54. The van der Waals surface area contributed by atoms with Crippen LogP contribution in [0, 0.1) is 5.82 Å². The lowest BCUT2D eigenvalue weighted by atomic mass is 10.1. The van der Waals surface area contributed by atoms with Gasteiger partial charge in [-0.1, -0.05) is 0 Å². The van der Waals surface area contributed by atoms with Gasteiger partial charge in [0.2, 0.25) is 0 Å². The number of carbonyl (C=O) groups excluding carboxylic acids is 1. The Bertz CT molecular complexity index is 658. The van der Waals surface area contributed by atoms with Crippen LogP contribution in [0.3, 0.4) is 0 Å². The summed E-state index contributed by atoms with van der Waals surface area (Å²) >= 11 is 0. The van der Waals surface area contributed by atoms with Crippen LogP contribution in [0.4, 0.5) is 4.39 Å². The van der Waals surface area contributed by atoms with Gasteiger partial charge in [-0.25, -0.2) is 4.39 Å². The third-order valence-corrected chi connectivity index (χ3v) is 3.04. The van der Waals surface area contributed by atoms with Crippen LogP contribution in [0.5, 0.6) is 5.75 Å². The number of nitrogens with one attached hydrogen (secondary N) is 1. The van der Waals surface area contributed by atoms with E-state index in [1.54, 1.807) is 18.5 Å². The van der Waals surface area contributed by atoms with Crippen LogP contribution in [-0.2, 0) is 7.05 Å². The first kappa shape index (κ1) is 15.9. The number of nitrogens with two attached hydrogens (primary N) is 1. The van der Waals surface area contributed by atoms with Crippen LogP contribution >= 0.6 is 0 Å². The number of ether oxygens (including phenoxy) is 1. The largest absolute Gasteiger partial charge is 0.491 e. The molecule has 8 heteroatoms. The number of hydrogen-bond acceptors (Lipinski definition) is 5. The molecule has 0 bridgehead atoms. The Morgan fingerprint density at radius 1 is 1.55 bits per heavy atom. The monoisotopic (exact) mass is 307 g/mol. The van der Waals surface area contributed by atoms with Gasteiger partial charge in [-0.05, 0) is 25.1 Å². The molecule has 2 rings (SSSR count). The van der Waals surface area contributed by atoms with E-state index in [2.05, 4.69) is 15.5 Å². The fourth-order valence-corrected chi connectivity index (χ4v) is 2.00. The third kappa shape index (κ3) is 3.59. The van der Waals surface area contributed by atoms with E-state index in [0.717, 1.165) is 6.07 Å². The van der Waals surface area contributed by atoms with Crippen molar-refractivity contribution in [3.63, 3.8) is 0 Å². The van der Waals surface area contributed by atoms with Crippen LogP contribution in [0.25, 0.3) is 0 Å². The standard InChI is InChI=1S/C14H18FN5O2/c1-9(13-19-17-8-20(13)2)18-14(21)11-7-10(15)3-4-12(11)22-6-5-16/h3-4,7-9H,5-6,16H2,1-2H3,(H,18,21)/t9-/m0/s1. The molecule has 22 heavy (non-hydrogen) atoms. The molecule has 0 saturated carbocycles. The van der Waals surface area contributed by atoms with Gasteiger partial charge in [0, 0.05) is 13.6 Å². The summed E-state index contributed by atoms with van der Waals surface area (Å²) in [5.74, 6) is -0.0951. The Kier molecular flexibility index (Phi) is 5.05. The van der Waals surface area contributed by atoms with Crippen molar-refractivity contribution in [2.24, 2.45) is 12.8 Å². The highest BCUT2D eigenvalue weighted by atomic mass is 19.1. The van der Waals surface area contributed by atoms with Crippen molar-refractivity contribution in [3.8, 4) is 5.75 Å². The van der Waals surface area contributed by atoms with E-state index >= 15 is 0 Å². The summed E-state index contributed by atoms with van der Waals surface area (Å²) in [6.45, 7) is 2.31. The highest BCUT2D eigenvalue weighted by molar-refractivity contribution is 5.97. The molecule has 0 spiro atoms. The molecule has 0 saturated heterocycles. The second-order valence-corrected chi connectivity index (χ2v) is 4.77. The maximum atomic E-state index is 13.4. The molecule has 0 aliphatic rings.